The maximum atomic E-state index is 6.52. The first-order valence-electron chi connectivity index (χ1n) is 9.58. The summed E-state index contributed by atoms with van der Waals surface area (Å²) in [5.41, 5.74) is 1.10. The average molecular weight is 366 g/mol. The first-order chi connectivity index (χ1) is 12.1. The Morgan fingerprint density at radius 1 is 0.808 bits per heavy atom. The molecular formula is C22H31BO2Si. The molecule has 2 nitrogen and oxygen atoms in total. The monoisotopic (exact) mass is 366 g/mol. The molecule has 0 bridgehead atoms. The van der Waals surface area contributed by atoms with Crippen molar-refractivity contribution in [2.45, 2.75) is 63.9 Å². The number of benzene rings is 2. The maximum absolute atomic E-state index is 6.52. The van der Waals surface area contributed by atoms with Gasteiger partial charge in [-0.05, 0) is 45.1 Å². The van der Waals surface area contributed by atoms with Gasteiger partial charge in [-0.2, -0.15) is 0 Å². The van der Waals surface area contributed by atoms with Gasteiger partial charge < -0.3 is 9.31 Å². The van der Waals surface area contributed by atoms with E-state index in [2.05, 4.69) is 101 Å². The lowest BCUT2D eigenvalue weighted by molar-refractivity contribution is 0.00578. The molecule has 138 valence electrons. The Labute approximate surface area is 160 Å². The molecule has 2 aromatic carbocycles. The lowest BCUT2D eigenvalue weighted by Crippen LogP contribution is -2.53. The van der Waals surface area contributed by atoms with Gasteiger partial charge in [0.2, 0.25) is 0 Å². The SMILES string of the molecule is CC1(C)OB(C(Cc2ccccc2)[Si](C)(C)c2ccccc2)OC1(C)C. The highest BCUT2D eigenvalue weighted by Gasteiger charge is 2.56. The fraction of sp³-hybridized carbons (Fsp3) is 0.455. The molecule has 1 fully saturated rings. The van der Waals surface area contributed by atoms with Crippen LogP contribution in [-0.4, -0.2) is 26.4 Å². The van der Waals surface area contributed by atoms with Crippen LogP contribution in [0.5, 0.6) is 0 Å². The van der Waals surface area contributed by atoms with Gasteiger partial charge in [0.15, 0.2) is 0 Å². The highest BCUT2D eigenvalue weighted by molar-refractivity contribution is 6.97. The molecule has 26 heavy (non-hydrogen) atoms. The van der Waals surface area contributed by atoms with Crippen molar-refractivity contribution < 1.29 is 9.31 Å². The Kier molecular flexibility index (Phi) is 5.22. The van der Waals surface area contributed by atoms with Crippen LogP contribution in [0.25, 0.3) is 0 Å². The summed E-state index contributed by atoms with van der Waals surface area (Å²) >= 11 is 0. The predicted octanol–water partition coefficient (Wildman–Crippen LogP) is 4.85. The second kappa shape index (κ2) is 6.99. The van der Waals surface area contributed by atoms with Crippen LogP contribution in [0.1, 0.15) is 33.3 Å². The summed E-state index contributed by atoms with van der Waals surface area (Å²) in [7, 11) is -2.01. The minimum Gasteiger partial charge on any atom is -0.403 e. The fourth-order valence-corrected chi connectivity index (χ4v) is 6.74. The smallest absolute Gasteiger partial charge is 0.403 e. The molecular weight excluding hydrogens is 335 g/mol. The van der Waals surface area contributed by atoms with Gasteiger partial charge in [0, 0.05) is 0 Å². The van der Waals surface area contributed by atoms with E-state index in [1.54, 1.807) is 0 Å². The standard InChI is InChI=1S/C22H31BO2Si/c1-21(2)22(3,4)25-23(24-21)20(17-18-13-9-7-10-14-18)26(5,6)19-15-11-8-12-16-19/h7-16,20H,17H2,1-6H3. The van der Waals surface area contributed by atoms with E-state index in [-0.39, 0.29) is 18.3 Å². The molecule has 1 heterocycles. The highest BCUT2D eigenvalue weighted by Crippen LogP contribution is 2.43. The summed E-state index contributed by atoms with van der Waals surface area (Å²) in [6.07, 6.45) is 0.978. The maximum Gasteiger partial charge on any atom is 0.458 e. The van der Waals surface area contributed by atoms with E-state index in [1.165, 1.54) is 10.8 Å². The van der Waals surface area contributed by atoms with Crippen molar-refractivity contribution in [2.75, 3.05) is 0 Å². The number of rotatable bonds is 5. The molecule has 1 unspecified atom stereocenters. The van der Waals surface area contributed by atoms with Gasteiger partial charge in [0.1, 0.15) is 0 Å². The van der Waals surface area contributed by atoms with Crippen molar-refractivity contribution in [2.24, 2.45) is 0 Å². The van der Waals surface area contributed by atoms with Crippen molar-refractivity contribution in [3.05, 3.63) is 66.2 Å². The molecule has 0 aliphatic carbocycles. The van der Waals surface area contributed by atoms with Crippen LogP contribution in [0.4, 0.5) is 0 Å². The largest absolute Gasteiger partial charge is 0.458 e. The Bertz CT molecular complexity index is 712. The quantitative estimate of drug-likeness (QED) is 0.705. The molecule has 1 aliphatic rings. The van der Waals surface area contributed by atoms with E-state index < -0.39 is 8.07 Å². The molecule has 3 rings (SSSR count). The zero-order valence-electron chi connectivity index (χ0n) is 17.0. The van der Waals surface area contributed by atoms with Crippen molar-refractivity contribution in [3.63, 3.8) is 0 Å². The van der Waals surface area contributed by atoms with Crippen LogP contribution in [0.2, 0.25) is 18.5 Å². The van der Waals surface area contributed by atoms with Crippen LogP contribution >= 0.6 is 0 Å². The van der Waals surface area contributed by atoms with Crippen LogP contribution in [-0.2, 0) is 15.7 Å². The van der Waals surface area contributed by atoms with Gasteiger partial charge in [-0.1, -0.05) is 78.9 Å². The van der Waals surface area contributed by atoms with Crippen LogP contribution in [0.15, 0.2) is 60.7 Å². The molecule has 0 radical (unpaired) electrons. The summed E-state index contributed by atoms with van der Waals surface area (Å²) in [5.74, 6) is 0. The van der Waals surface area contributed by atoms with E-state index in [0.717, 1.165) is 6.42 Å². The van der Waals surface area contributed by atoms with Crippen molar-refractivity contribution in [3.8, 4) is 0 Å². The van der Waals surface area contributed by atoms with Gasteiger partial charge in [0.25, 0.3) is 0 Å². The molecule has 1 aliphatic heterocycles. The molecule has 0 aromatic heterocycles. The third-order valence-corrected chi connectivity index (χ3v) is 10.5. The van der Waals surface area contributed by atoms with Gasteiger partial charge in [-0.3, -0.25) is 0 Å². The van der Waals surface area contributed by atoms with Gasteiger partial charge in [0.05, 0.1) is 19.3 Å². The van der Waals surface area contributed by atoms with Crippen molar-refractivity contribution in [1.29, 1.82) is 0 Å². The lowest BCUT2D eigenvalue weighted by Gasteiger charge is -2.34. The topological polar surface area (TPSA) is 18.5 Å². The second-order valence-electron chi connectivity index (χ2n) is 9.01. The van der Waals surface area contributed by atoms with E-state index in [1.807, 2.05) is 0 Å². The normalized spacial score (nSPS) is 20.2. The number of hydrogen-bond donors (Lipinski definition) is 0. The van der Waals surface area contributed by atoms with Crippen LogP contribution < -0.4 is 5.19 Å². The Morgan fingerprint density at radius 3 is 1.77 bits per heavy atom. The van der Waals surface area contributed by atoms with Crippen LogP contribution in [0.3, 0.4) is 0 Å². The molecule has 1 saturated heterocycles. The first-order valence-corrected chi connectivity index (χ1v) is 12.7. The summed E-state index contributed by atoms with van der Waals surface area (Å²) in [6, 6.07) is 21.7. The molecule has 4 heteroatoms. The van der Waals surface area contributed by atoms with E-state index >= 15 is 0 Å². The summed E-state index contributed by atoms with van der Waals surface area (Å²) < 4.78 is 13.0. The van der Waals surface area contributed by atoms with Gasteiger partial charge in [-0.25, -0.2) is 0 Å². The van der Waals surface area contributed by atoms with Crippen molar-refractivity contribution in [1.82, 2.24) is 0 Å². The molecule has 0 saturated carbocycles. The zero-order valence-corrected chi connectivity index (χ0v) is 18.0. The Balaban J connectivity index is 1.98. The minimum absolute atomic E-state index is 0.179. The Morgan fingerprint density at radius 2 is 1.27 bits per heavy atom. The zero-order chi connectivity index (χ0) is 19.0. The lowest BCUT2D eigenvalue weighted by atomic mass is 9.80. The average Bonchev–Trinajstić information content (AvgIpc) is 2.81. The third kappa shape index (κ3) is 3.69. The van der Waals surface area contributed by atoms with Crippen LogP contribution in [0, 0.1) is 0 Å². The second-order valence-corrected chi connectivity index (χ2v) is 13.8. The predicted molar refractivity (Wildman–Crippen MR) is 114 cm³/mol. The van der Waals surface area contributed by atoms with Gasteiger partial charge >= 0.3 is 7.12 Å². The van der Waals surface area contributed by atoms with E-state index in [0.29, 0.717) is 5.44 Å². The fourth-order valence-electron chi connectivity index (χ4n) is 3.69. The molecule has 2 aromatic rings. The van der Waals surface area contributed by atoms with E-state index in [9.17, 15) is 0 Å². The summed E-state index contributed by atoms with van der Waals surface area (Å²) in [6.45, 7) is 13.5. The van der Waals surface area contributed by atoms with Gasteiger partial charge in [-0.15, -0.1) is 0 Å². The molecule has 0 N–H and O–H groups in total. The highest BCUT2D eigenvalue weighted by atomic mass is 28.3. The Hall–Kier alpha value is -1.36. The first kappa shape index (κ1) is 19.4. The summed E-state index contributed by atoms with van der Waals surface area (Å²) in [4.78, 5) is 0. The third-order valence-electron chi connectivity index (χ3n) is 6.34. The van der Waals surface area contributed by atoms with E-state index in [4.69, 9.17) is 9.31 Å². The summed E-state index contributed by atoms with van der Waals surface area (Å²) in [5, 5.41) is 1.45. The number of hydrogen-bond acceptors (Lipinski definition) is 2. The molecule has 0 spiro atoms. The molecule has 0 amide bonds. The molecule has 1 atom stereocenters. The minimum atomic E-state index is -1.83. The van der Waals surface area contributed by atoms with Crippen molar-refractivity contribution >= 4 is 20.4 Å².